The Balaban J connectivity index is 1.74. The lowest BCUT2D eigenvalue weighted by Gasteiger charge is -2.33. The van der Waals surface area contributed by atoms with Gasteiger partial charge in [-0.1, -0.05) is 0 Å². The summed E-state index contributed by atoms with van der Waals surface area (Å²) in [6.45, 7) is 5.41. The fourth-order valence-electron chi connectivity index (χ4n) is 3.05. The van der Waals surface area contributed by atoms with Crippen LogP contribution < -0.4 is 4.90 Å². The van der Waals surface area contributed by atoms with Gasteiger partial charge in [-0.15, -0.1) is 0 Å². The van der Waals surface area contributed by atoms with E-state index >= 15 is 0 Å². The Morgan fingerprint density at radius 2 is 2.12 bits per heavy atom. The van der Waals surface area contributed by atoms with Gasteiger partial charge in [0.2, 0.25) is 5.91 Å². The van der Waals surface area contributed by atoms with E-state index in [-0.39, 0.29) is 12.0 Å². The molecule has 1 aliphatic rings. The topological polar surface area (TPSA) is 87.2 Å². The molecule has 0 unspecified atom stereocenters. The monoisotopic (exact) mass is 344 g/mol. The average molecular weight is 344 g/mol. The molecule has 0 bridgehead atoms. The highest BCUT2D eigenvalue weighted by atomic mass is 16.5. The number of carbonyl (C=O) groups is 1. The number of nitrogens with one attached hydrogen (secondary N) is 1. The number of hydrogen-bond donors (Lipinski definition) is 1. The van der Waals surface area contributed by atoms with E-state index in [1.807, 2.05) is 37.7 Å². The van der Waals surface area contributed by atoms with Crippen LogP contribution in [0.5, 0.6) is 0 Å². The summed E-state index contributed by atoms with van der Waals surface area (Å²) >= 11 is 0. The first-order chi connectivity index (χ1) is 12.0. The summed E-state index contributed by atoms with van der Waals surface area (Å²) in [7, 11) is 3.84. The van der Waals surface area contributed by atoms with Crippen molar-refractivity contribution in [2.45, 2.75) is 26.4 Å². The van der Waals surface area contributed by atoms with E-state index in [9.17, 15) is 4.79 Å². The Morgan fingerprint density at radius 1 is 1.36 bits per heavy atom. The molecule has 3 heterocycles. The normalized spacial score (nSPS) is 17.6. The van der Waals surface area contributed by atoms with Crippen LogP contribution in [0.15, 0.2) is 12.4 Å². The Hall–Kier alpha value is -2.48. The third kappa shape index (κ3) is 3.63. The molecule has 1 amide bonds. The van der Waals surface area contributed by atoms with E-state index in [2.05, 4.69) is 20.2 Å². The molecule has 8 nitrogen and oxygen atoms in total. The molecule has 134 valence electrons. The summed E-state index contributed by atoms with van der Waals surface area (Å²) in [5.41, 5.74) is 3.56. The number of aryl methyl sites for hydroxylation is 2. The smallest absolute Gasteiger partial charge is 0.227 e. The first kappa shape index (κ1) is 17.3. The van der Waals surface area contributed by atoms with Crippen molar-refractivity contribution in [3.05, 3.63) is 35.0 Å². The summed E-state index contributed by atoms with van der Waals surface area (Å²) in [4.78, 5) is 25.3. The zero-order chi connectivity index (χ0) is 18.0. The number of aromatic amines is 1. The SMILES string of the molecule is Cc1n[nH]c(C)c1CC(=O)N1CCO[C@@H](c2nccnc2N(C)C)C1. The minimum atomic E-state index is -0.268. The molecule has 8 heteroatoms. The summed E-state index contributed by atoms with van der Waals surface area (Å²) in [6.07, 6.45) is 3.40. The van der Waals surface area contributed by atoms with E-state index < -0.39 is 0 Å². The van der Waals surface area contributed by atoms with Gasteiger partial charge in [0.05, 0.1) is 25.3 Å². The van der Waals surface area contributed by atoms with Crippen LogP contribution in [0.3, 0.4) is 0 Å². The minimum absolute atomic E-state index is 0.0798. The Labute approximate surface area is 147 Å². The number of amides is 1. The van der Waals surface area contributed by atoms with Gasteiger partial charge in [0.1, 0.15) is 11.8 Å². The number of carbonyl (C=O) groups excluding carboxylic acids is 1. The van der Waals surface area contributed by atoms with Gasteiger partial charge in [-0.05, 0) is 13.8 Å². The summed E-state index contributed by atoms with van der Waals surface area (Å²) < 4.78 is 5.88. The standard InChI is InChI=1S/C17H24N6O2/c1-11-13(12(2)21-20-11)9-15(24)23-7-8-25-14(10-23)16-17(22(3)4)19-6-5-18-16/h5-6,14H,7-10H2,1-4H3,(H,20,21)/t14-/m1/s1. The zero-order valence-corrected chi connectivity index (χ0v) is 15.1. The lowest BCUT2D eigenvalue weighted by Crippen LogP contribution is -2.43. The van der Waals surface area contributed by atoms with Gasteiger partial charge in [-0.2, -0.15) is 5.10 Å². The fraction of sp³-hybridized carbons (Fsp3) is 0.529. The molecule has 25 heavy (non-hydrogen) atoms. The van der Waals surface area contributed by atoms with Gasteiger partial charge in [0, 0.05) is 44.3 Å². The van der Waals surface area contributed by atoms with Crippen molar-refractivity contribution in [2.75, 3.05) is 38.7 Å². The molecule has 0 aliphatic carbocycles. The number of morpholine rings is 1. The quantitative estimate of drug-likeness (QED) is 0.891. The largest absolute Gasteiger partial charge is 0.368 e. The van der Waals surface area contributed by atoms with Crippen LogP contribution in [0.1, 0.15) is 28.7 Å². The zero-order valence-electron chi connectivity index (χ0n) is 15.1. The number of rotatable bonds is 4. The molecule has 0 spiro atoms. The fourth-order valence-corrected chi connectivity index (χ4v) is 3.05. The molecular weight excluding hydrogens is 320 g/mol. The number of aromatic nitrogens is 4. The maximum absolute atomic E-state index is 12.7. The van der Waals surface area contributed by atoms with Crippen LogP contribution in [0, 0.1) is 13.8 Å². The van der Waals surface area contributed by atoms with Crippen LogP contribution >= 0.6 is 0 Å². The van der Waals surface area contributed by atoms with Crippen LogP contribution in [-0.2, 0) is 16.0 Å². The molecule has 2 aromatic rings. The minimum Gasteiger partial charge on any atom is -0.368 e. The van der Waals surface area contributed by atoms with Gasteiger partial charge in [0.15, 0.2) is 5.82 Å². The Morgan fingerprint density at radius 3 is 2.80 bits per heavy atom. The molecule has 3 rings (SSSR count). The number of ether oxygens (including phenoxy) is 1. The van der Waals surface area contributed by atoms with Gasteiger partial charge in [-0.3, -0.25) is 14.9 Å². The van der Waals surface area contributed by atoms with Crippen molar-refractivity contribution in [1.82, 2.24) is 25.1 Å². The van der Waals surface area contributed by atoms with Crippen molar-refractivity contribution in [1.29, 1.82) is 0 Å². The Kier molecular flexibility index (Phi) is 4.98. The second kappa shape index (κ2) is 7.18. The number of H-pyrrole nitrogens is 1. The highest BCUT2D eigenvalue weighted by Crippen LogP contribution is 2.27. The van der Waals surface area contributed by atoms with Crippen molar-refractivity contribution >= 4 is 11.7 Å². The lowest BCUT2D eigenvalue weighted by atomic mass is 10.1. The van der Waals surface area contributed by atoms with E-state index in [0.29, 0.717) is 26.1 Å². The number of nitrogens with zero attached hydrogens (tertiary/aromatic N) is 5. The van der Waals surface area contributed by atoms with Crippen LogP contribution in [-0.4, -0.2) is 64.8 Å². The maximum Gasteiger partial charge on any atom is 0.227 e. The van der Waals surface area contributed by atoms with Gasteiger partial charge >= 0.3 is 0 Å². The van der Waals surface area contributed by atoms with E-state index in [1.54, 1.807) is 12.4 Å². The van der Waals surface area contributed by atoms with Crippen LogP contribution in [0.4, 0.5) is 5.82 Å². The van der Waals surface area contributed by atoms with E-state index in [4.69, 9.17) is 4.74 Å². The predicted octanol–water partition coefficient (Wildman–Crippen LogP) is 1.03. The summed E-state index contributed by atoms with van der Waals surface area (Å²) in [6, 6.07) is 0. The first-order valence-corrected chi connectivity index (χ1v) is 8.35. The van der Waals surface area contributed by atoms with E-state index in [0.717, 1.165) is 28.5 Å². The Bertz CT molecular complexity index is 738. The lowest BCUT2D eigenvalue weighted by molar-refractivity contribution is -0.138. The first-order valence-electron chi connectivity index (χ1n) is 8.35. The third-order valence-corrected chi connectivity index (χ3v) is 4.46. The average Bonchev–Trinajstić information content (AvgIpc) is 2.93. The van der Waals surface area contributed by atoms with Crippen LogP contribution in [0.25, 0.3) is 0 Å². The van der Waals surface area contributed by atoms with Gasteiger partial charge in [-0.25, -0.2) is 4.98 Å². The second-order valence-electron chi connectivity index (χ2n) is 6.45. The highest BCUT2D eigenvalue weighted by Gasteiger charge is 2.29. The highest BCUT2D eigenvalue weighted by molar-refractivity contribution is 5.79. The molecular formula is C17H24N6O2. The summed E-state index contributed by atoms with van der Waals surface area (Å²) in [5, 5.41) is 7.09. The molecule has 1 atom stereocenters. The van der Waals surface area contributed by atoms with Crippen molar-refractivity contribution < 1.29 is 9.53 Å². The van der Waals surface area contributed by atoms with E-state index in [1.165, 1.54) is 0 Å². The molecule has 1 fully saturated rings. The predicted molar refractivity (Wildman–Crippen MR) is 93.4 cm³/mol. The molecule has 1 aliphatic heterocycles. The maximum atomic E-state index is 12.7. The molecule has 1 N–H and O–H groups in total. The molecule has 2 aromatic heterocycles. The molecule has 0 aromatic carbocycles. The van der Waals surface area contributed by atoms with Crippen molar-refractivity contribution in [2.24, 2.45) is 0 Å². The second-order valence-corrected chi connectivity index (χ2v) is 6.45. The molecule has 0 radical (unpaired) electrons. The third-order valence-electron chi connectivity index (χ3n) is 4.46. The molecule has 0 saturated carbocycles. The van der Waals surface area contributed by atoms with Gasteiger partial charge in [0.25, 0.3) is 0 Å². The van der Waals surface area contributed by atoms with Crippen LogP contribution in [0.2, 0.25) is 0 Å². The van der Waals surface area contributed by atoms with Gasteiger partial charge < -0.3 is 14.5 Å². The number of hydrogen-bond acceptors (Lipinski definition) is 6. The number of anilines is 1. The van der Waals surface area contributed by atoms with Crippen molar-refractivity contribution in [3.8, 4) is 0 Å². The molecule has 1 saturated heterocycles. The van der Waals surface area contributed by atoms with Crippen molar-refractivity contribution in [3.63, 3.8) is 0 Å². The summed E-state index contributed by atoms with van der Waals surface area (Å²) in [5.74, 6) is 0.847.